The maximum absolute atomic E-state index is 13.6. The van der Waals surface area contributed by atoms with E-state index in [9.17, 15) is 19.5 Å². The van der Waals surface area contributed by atoms with Crippen LogP contribution in [0.4, 0.5) is 5.69 Å². The molecule has 4 aliphatic heterocycles. The van der Waals surface area contributed by atoms with Gasteiger partial charge in [0.25, 0.3) is 0 Å². The van der Waals surface area contributed by atoms with Gasteiger partial charge in [0, 0.05) is 43.2 Å². The highest BCUT2D eigenvalue weighted by Crippen LogP contribution is 2.60. The second-order valence-corrected chi connectivity index (χ2v) is 10.7. The summed E-state index contributed by atoms with van der Waals surface area (Å²) in [5.41, 5.74) is -0.483. The first-order valence-electron chi connectivity index (χ1n) is 12.1. The number of likely N-dealkylation sites (tertiary alicyclic amines) is 1. The van der Waals surface area contributed by atoms with Crippen LogP contribution in [0.15, 0.2) is 30.3 Å². The quantitative estimate of drug-likeness (QED) is 0.384. The number of halogens is 1. The Hall–Kier alpha value is -2.05. The number of benzene rings is 1. The lowest BCUT2D eigenvalue weighted by Crippen LogP contribution is -2.56. The van der Waals surface area contributed by atoms with Crippen LogP contribution >= 0.6 is 15.9 Å². The molecular weight excluding hydrogens is 520 g/mol. The molecule has 4 fully saturated rings. The Morgan fingerprint density at radius 1 is 1.14 bits per heavy atom. The molecule has 10 nitrogen and oxygen atoms in total. The van der Waals surface area contributed by atoms with Gasteiger partial charge in [-0.15, -0.1) is 0 Å². The van der Waals surface area contributed by atoms with Gasteiger partial charge in [0.1, 0.15) is 11.6 Å². The second kappa shape index (κ2) is 10.1. The molecule has 3 N–H and O–H groups in total. The molecular formula is C24H31BrN4O6. The van der Waals surface area contributed by atoms with Gasteiger partial charge in [-0.25, -0.2) is 0 Å². The number of para-hydroxylation sites is 1. The van der Waals surface area contributed by atoms with E-state index in [1.807, 2.05) is 18.2 Å². The van der Waals surface area contributed by atoms with Crippen LogP contribution in [0, 0.1) is 11.8 Å². The van der Waals surface area contributed by atoms with E-state index in [0.29, 0.717) is 38.4 Å². The molecule has 4 heterocycles. The third-order valence-corrected chi connectivity index (χ3v) is 8.40. The summed E-state index contributed by atoms with van der Waals surface area (Å²) in [7, 11) is 0. The average molecular weight is 551 g/mol. The third kappa shape index (κ3) is 4.37. The van der Waals surface area contributed by atoms with Gasteiger partial charge in [-0.3, -0.25) is 19.3 Å². The molecule has 3 unspecified atom stereocenters. The smallest absolute Gasteiger partial charge is 0.245 e. The highest BCUT2D eigenvalue weighted by Gasteiger charge is 2.76. The maximum atomic E-state index is 13.6. The number of β-amino-alcohol motifs (C(OH)–C–C–N with tert-alkyl or cyclic N) is 1. The summed E-state index contributed by atoms with van der Waals surface area (Å²) in [6, 6.07) is 8.16. The van der Waals surface area contributed by atoms with Gasteiger partial charge in [0.05, 0.1) is 37.8 Å². The van der Waals surface area contributed by atoms with Crippen LogP contribution in [0.2, 0.25) is 0 Å². The first-order valence-corrected chi connectivity index (χ1v) is 13.0. The Morgan fingerprint density at radius 3 is 2.60 bits per heavy atom. The number of hydrogen-bond donors (Lipinski definition) is 3. The van der Waals surface area contributed by atoms with Gasteiger partial charge in [-0.05, 0) is 18.6 Å². The fourth-order valence-corrected chi connectivity index (χ4v) is 7.03. The Bertz CT molecular complexity index is 961. The van der Waals surface area contributed by atoms with Crippen LogP contribution in [0.3, 0.4) is 0 Å². The largest absolute Gasteiger partial charge is 0.395 e. The topological polar surface area (TPSA) is 120 Å². The number of carbonyl (C=O) groups excluding carboxylic acids is 3. The third-order valence-electron chi connectivity index (χ3n) is 7.55. The summed E-state index contributed by atoms with van der Waals surface area (Å²) < 4.78 is 11.8. The fraction of sp³-hybridized carbons (Fsp3) is 0.625. The van der Waals surface area contributed by atoms with Crippen molar-refractivity contribution in [2.75, 3.05) is 57.9 Å². The zero-order valence-electron chi connectivity index (χ0n) is 19.4. The number of anilines is 1. The van der Waals surface area contributed by atoms with Crippen molar-refractivity contribution in [1.82, 2.24) is 15.1 Å². The minimum absolute atomic E-state index is 0.00658. The SMILES string of the molecule is O=C(NCCN1CCOCC1)C1N(CCO)C(=O)[C@@H]2[C@H](C(=O)Nc3ccccc3)[C@H]3OC12CC3Br. The fourth-order valence-electron chi connectivity index (χ4n) is 6.08. The predicted molar refractivity (Wildman–Crippen MR) is 130 cm³/mol. The van der Waals surface area contributed by atoms with Gasteiger partial charge in [0.15, 0.2) is 0 Å². The molecule has 0 saturated carbocycles. The lowest BCUT2D eigenvalue weighted by Gasteiger charge is -2.34. The average Bonchev–Trinajstić information content (AvgIpc) is 3.44. The molecule has 0 aliphatic carbocycles. The first-order chi connectivity index (χ1) is 17.0. The second-order valence-electron chi connectivity index (χ2n) is 9.52. The van der Waals surface area contributed by atoms with E-state index >= 15 is 0 Å². The maximum Gasteiger partial charge on any atom is 0.245 e. The van der Waals surface area contributed by atoms with Gasteiger partial charge in [-0.2, -0.15) is 0 Å². The zero-order valence-corrected chi connectivity index (χ0v) is 21.0. The number of carbonyl (C=O) groups is 3. The van der Waals surface area contributed by atoms with Crippen molar-refractivity contribution in [2.24, 2.45) is 11.8 Å². The normalized spacial score (nSPS) is 34.2. The number of aliphatic hydroxyl groups excluding tert-OH is 1. The Kier molecular flexibility index (Phi) is 7.13. The van der Waals surface area contributed by atoms with Crippen molar-refractivity contribution in [3.05, 3.63) is 30.3 Å². The van der Waals surface area contributed by atoms with Crippen LogP contribution < -0.4 is 10.6 Å². The monoisotopic (exact) mass is 550 g/mol. The number of ether oxygens (including phenoxy) is 2. The number of nitrogens with zero attached hydrogens (tertiary/aromatic N) is 2. The van der Waals surface area contributed by atoms with E-state index in [0.717, 1.165) is 13.1 Å². The van der Waals surface area contributed by atoms with Gasteiger partial charge in [-0.1, -0.05) is 34.1 Å². The van der Waals surface area contributed by atoms with Crippen LogP contribution in [0.1, 0.15) is 6.42 Å². The number of alkyl halides is 1. The summed E-state index contributed by atoms with van der Waals surface area (Å²) >= 11 is 3.65. The lowest BCUT2D eigenvalue weighted by molar-refractivity contribution is -0.141. The van der Waals surface area contributed by atoms with Crippen LogP contribution in [-0.4, -0.2) is 108 Å². The summed E-state index contributed by atoms with van der Waals surface area (Å²) in [6.45, 7) is 3.81. The van der Waals surface area contributed by atoms with E-state index in [4.69, 9.17) is 9.47 Å². The molecule has 1 aromatic carbocycles. The zero-order chi connectivity index (χ0) is 24.6. The molecule has 5 rings (SSSR count). The van der Waals surface area contributed by atoms with Gasteiger partial charge >= 0.3 is 0 Å². The predicted octanol–water partition coefficient (Wildman–Crippen LogP) is -0.186. The molecule has 1 aromatic rings. The van der Waals surface area contributed by atoms with Gasteiger partial charge in [0.2, 0.25) is 17.7 Å². The minimum Gasteiger partial charge on any atom is -0.395 e. The van der Waals surface area contributed by atoms with Crippen molar-refractivity contribution >= 4 is 39.3 Å². The number of nitrogens with one attached hydrogen (secondary N) is 2. The Labute approximate surface area is 212 Å². The molecule has 0 radical (unpaired) electrons. The highest BCUT2D eigenvalue weighted by molar-refractivity contribution is 9.09. The highest BCUT2D eigenvalue weighted by atomic mass is 79.9. The van der Waals surface area contributed by atoms with Crippen LogP contribution in [0.5, 0.6) is 0 Å². The van der Waals surface area contributed by atoms with Crippen LogP contribution in [0.25, 0.3) is 0 Å². The molecule has 4 saturated heterocycles. The molecule has 6 atom stereocenters. The van der Waals surface area contributed by atoms with E-state index in [1.54, 1.807) is 12.1 Å². The molecule has 4 aliphatic rings. The minimum atomic E-state index is -1.12. The Balaban J connectivity index is 1.36. The van der Waals surface area contributed by atoms with Crippen molar-refractivity contribution in [3.8, 4) is 0 Å². The van der Waals surface area contributed by atoms with Crippen molar-refractivity contribution in [2.45, 2.75) is 29.0 Å². The molecule has 190 valence electrons. The summed E-state index contributed by atoms with van der Waals surface area (Å²) in [4.78, 5) is 43.9. The van der Waals surface area contributed by atoms with E-state index in [-0.39, 0.29) is 35.7 Å². The summed E-state index contributed by atoms with van der Waals surface area (Å²) in [5.74, 6) is -2.46. The standard InChI is InChI=1S/C24H31BrN4O6/c25-16-14-24-18(17(19(16)35-24)21(31)27-15-4-2-1-3-5-15)23(33)29(8-11-30)20(24)22(32)26-6-7-28-9-12-34-13-10-28/h1-5,16-20,30H,6-14H2,(H,26,32)(H,27,31)/t16?,17-,18-,19-,20?,24?/m0/s1. The first kappa shape index (κ1) is 24.6. The molecule has 11 heteroatoms. The molecule has 2 bridgehead atoms. The number of amides is 3. The summed E-state index contributed by atoms with van der Waals surface area (Å²) in [5, 5.41) is 15.6. The van der Waals surface area contributed by atoms with E-state index < -0.39 is 29.6 Å². The number of aliphatic hydroxyl groups is 1. The summed E-state index contributed by atoms with van der Waals surface area (Å²) in [6.07, 6.45) is -0.0836. The van der Waals surface area contributed by atoms with E-state index in [1.165, 1.54) is 4.90 Å². The number of rotatable bonds is 8. The Morgan fingerprint density at radius 2 is 1.89 bits per heavy atom. The lowest BCUT2D eigenvalue weighted by atomic mass is 9.70. The number of fused-ring (bicyclic) bond motifs is 1. The molecule has 35 heavy (non-hydrogen) atoms. The molecule has 1 spiro atoms. The molecule has 3 amide bonds. The number of hydrogen-bond acceptors (Lipinski definition) is 7. The molecule has 0 aromatic heterocycles. The van der Waals surface area contributed by atoms with Crippen molar-refractivity contribution in [3.63, 3.8) is 0 Å². The van der Waals surface area contributed by atoms with Crippen molar-refractivity contribution in [1.29, 1.82) is 0 Å². The van der Waals surface area contributed by atoms with Crippen molar-refractivity contribution < 1.29 is 29.0 Å². The van der Waals surface area contributed by atoms with Crippen LogP contribution in [-0.2, 0) is 23.9 Å². The van der Waals surface area contributed by atoms with Gasteiger partial charge < -0.3 is 30.1 Å². The number of morpholine rings is 1. The van der Waals surface area contributed by atoms with E-state index in [2.05, 4.69) is 31.5 Å².